The van der Waals surface area contributed by atoms with Crippen molar-refractivity contribution in [2.24, 2.45) is 0 Å². The molecule has 0 spiro atoms. The van der Waals surface area contributed by atoms with Crippen LogP contribution in [0.2, 0.25) is 0 Å². The Balaban J connectivity index is -0.0000000326. The van der Waals surface area contributed by atoms with Gasteiger partial charge in [0.1, 0.15) is 0 Å². The van der Waals surface area contributed by atoms with Crippen LogP contribution >= 0.6 is 12.6 Å². The monoisotopic (exact) mass is 204 g/mol. The molecule has 0 heterocycles. The van der Waals surface area contributed by atoms with Crippen molar-refractivity contribution in [1.82, 2.24) is 0 Å². The molecule has 0 rings (SSSR count). The van der Waals surface area contributed by atoms with Crippen LogP contribution in [0, 0.1) is 0 Å². The molecule has 0 aliphatic heterocycles. The van der Waals surface area contributed by atoms with Gasteiger partial charge in [-0.1, -0.05) is 6.92 Å². The molecule has 0 radical (unpaired) electrons. The molecule has 0 unspecified atom stereocenters. The van der Waals surface area contributed by atoms with Gasteiger partial charge in [0, 0.05) is 10.4 Å². The molecule has 0 atom stereocenters. The third-order valence-corrected chi connectivity index (χ3v) is 0. The first-order chi connectivity index (χ1) is 3.41. The zero-order valence-corrected chi connectivity index (χ0v) is 11.9. The molecule has 10 heavy (non-hydrogen) atoms. The van der Waals surface area contributed by atoms with E-state index in [-0.39, 0.29) is 59.1 Å². The van der Waals surface area contributed by atoms with Crippen molar-refractivity contribution in [2.75, 3.05) is 5.75 Å². The summed E-state index contributed by atoms with van der Waals surface area (Å²) in [5, 5.41) is 0. The molecular formula is C2H6Na2O4S2. The van der Waals surface area contributed by atoms with E-state index in [9.17, 15) is 0 Å². The molecule has 0 saturated heterocycles. The van der Waals surface area contributed by atoms with Crippen LogP contribution in [0.15, 0.2) is 0 Å². The molecule has 0 aromatic carbocycles. The van der Waals surface area contributed by atoms with Crippen LogP contribution in [0.1, 0.15) is 6.92 Å². The van der Waals surface area contributed by atoms with Gasteiger partial charge in [-0.15, -0.1) is 0 Å². The number of thiol groups is 1. The van der Waals surface area contributed by atoms with Crippen molar-refractivity contribution < 1.29 is 76.6 Å². The minimum absolute atomic E-state index is 0. The number of hydrogen-bond acceptors (Lipinski definition) is 5. The van der Waals surface area contributed by atoms with E-state index < -0.39 is 10.4 Å². The fourth-order valence-electron chi connectivity index (χ4n) is 0. The Hall–Kier alpha value is 2.22. The summed E-state index contributed by atoms with van der Waals surface area (Å²) < 4.78 is 34.1. The van der Waals surface area contributed by atoms with Crippen LogP contribution < -0.4 is 59.1 Å². The van der Waals surface area contributed by atoms with Gasteiger partial charge in [0.15, 0.2) is 0 Å². The SMILES string of the molecule is CCS.O=S(=O)([O-])[O-].[Na+].[Na+]. The minimum Gasteiger partial charge on any atom is -0.759 e. The van der Waals surface area contributed by atoms with Gasteiger partial charge in [0.25, 0.3) is 0 Å². The zero-order valence-electron chi connectivity index (χ0n) is 6.20. The van der Waals surface area contributed by atoms with Crippen molar-refractivity contribution in [3.8, 4) is 0 Å². The average Bonchev–Trinajstić information content (AvgIpc) is 1.27. The summed E-state index contributed by atoms with van der Waals surface area (Å²) >= 11 is 3.79. The molecule has 0 aliphatic rings. The van der Waals surface area contributed by atoms with E-state index >= 15 is 0 Å². The van der Waals surface area contributed by atoms with Crippen LogP contribution in [-0.4, -0.2) is 23.3 Å². The van der Waals surface area contributed by atoms with Crippen molar-refractivity contribution >= 4 is 23.0 Å². The van der Waals surface area contributed by atoms with Gasteiger partial charge >= 0.3 is 59.1 Å². The van der Waals surface area contributed by atoms with Crippen molar-refractivity contribution in [2.45, 2.75) is 6.92 Å². The number of rotatable bonds is 0. The maximum absolute atomic E-state index is 8.52. The Morgan fingerprint density at radius 2 is 1.30 bits per heavy atom. The molecule has 0 aromatic rings. The van der Waals surface area contributed by atoms with Gasteiger partial charge in [-0.3, -0.25) is 8.42 Å². The van der Waals surface area contributed by atoms with Crippen LogP contribution in [0.4, 0.5) is 0 Å². The topological polar surface area (TPSA) is 80.3 Å². The average molecular weight is 204 g/mol. The predicted octanol–water partition coefficient (Wildman–Crippen LogP) is -6.39. The second-order valence-electron chi connectivity index (χ2n) is 0.724. The molecule has 0 bridgehead atoms. The van der Waals surface area contributed by atoms with Crippen molar-refractivity contribution in [3.63, 3.8) is 0 Å². The quantitative estimate of drug-likeness (QED) is 0.184. The molecule has 4 nitrogen and oxygen atoms in total. The van der Waals surface area contributed by atoms with Crippen LogP contribution in [0.25, 0.3) is 0 Å². The summed E-state index contributed by atoms with van der Waals surface area (Å²) in [6.07, 6.45) is 0. The summed E-state index contributed by atoms with van der Waals surface area (Å²) in [5.74, 6) is 0.944. The van der Waals surface area contributed by atoms with Crippen LogP contribution in [0.5, 0.6) is 0 Å². The van der Waals surface area contributed by atoms with E-state index in [1.165, 1.54) is 0 Å². The van der Waals surface area contributed by atoms with Crippen molar-refractivity contribution in [3.05, 3.63) is 0 Å². The molecule has 0 N–H and O–H groups in total. The second kappa shape index (κ2) is 13.8. The minimum atomic E-state index is -5.17. The molecule has 0 amide bonds. The van der Waals surface area contributed by atoms with E-state index in [4.69, 9.17) is 17.5 Å². The Kier molecular flexibility index (Phi) is 31.4. The fraction of sp³-hybridized carbons (Fsp3) is 1.00. The first kappa shape index (κ1) is 22.8. The van der Waals surface area contributed by atoms with E-state index in [1.54, 1.807) is 0 Å². The van der Waals surface area contributed by atoms with Gasteiger partial charge in [0.2, 0.25) is 0 Å². The third-order valence-electron chi connectivity index (χ3n) is 0. The van der Waals surface area contributed by atoms with E-state index in [2.05, 4.69) is 12.6 Å². The van der Waals surface area contributed by atoms with E-state index in [1.807, 2.05) is 6.92 Å². The van der Waals surface area contributed by atoms with Crippen molar-refractivity contribution in [1.29, 1.82) is 0 Å². The van der Waals surface area contributed by atoms with Crippen LogP contribution in [-0.2, 0) is 10.4 Å². The molecule has 52 valence electrons. The van der Waals surface area contributed by atoms with E-state index in [0.29, 0.717) is 0 Å². The summed E-state index contributed by atoms with van der Waals surface area (Å²) in [6, 6.07) is 0. The normalized spacial score (nSPS) is 7.60. The Morgan fingerprint density at radius 3 is 1.30 bits per heavy atom. The summed E-state index contributed by atoms with van der Waals surface area (Å²) in [6.45, 7) is 1.99. The maximum atomic E-state index is 8.52. The molecule has 8 heteroatoms. The van der Waals surface area contributed by atoms with Gasteiger partial charge in [-0.25, -0.2) is 0 Å². The molecule has 0 aromatic heterocycles. The van der Waals surface area contributed by atoms with E-state index in [0.717, 1.165) is 5.75 Å². The van der Waals surface area contributed by atoms with Gasteiger partial charge in [-0.2, -0.15) is 12.6 Å². The van der Waals surface area contributed by atoms with Crippen LogP contribution in [0.3, 0.4) is 0 Å². The smallest absolute Gasteiger partial charge is 0.759 e. The molecule has 0 aliphatic carbocycles. The third kappa shape index (κ3) is 176. The number of hydrogen-bond donors (Lipinski definition) is 1. The Bertz CT molecular complexity index is 113. The first-order valence-corrected chi connectivity index (χ1v) is 3.66. The Labute approximate surface area is 111 Å². The Morgan fingerprint density at radius 1 is 1.30 bits per heavy atom. The molecule has 0 fully saturated rings. The standard InChI is InChI=1S/C2H6S.2Na.H2O4S/c1-2-3;;;1-5(2,3)4/h3H,2H2,1H3;;;(H2,1,2,3,4)/q;2*+1;/p-2. The van der Waals surface area contributed by atoms with Gasteiger partial charge in [-0.05, 0) is 5.75 Å². The molecular weight excluding hydrogens is 198 g/mol. The van der Waals surface area contributed by atoms with Gasteiger partial charge < -0.3 is 9.11 Å². The summed E-state index contributed by atoms with van der Waals surface area (Å²) in [4.78, 5) is 0. The predicted molar refractivity (Wildman–Crippen MR) is 30.0 cm³/mol. The maximum Gasteiger partial charge on any atom is 1.00 e. The largest absolute Gasteiger partial charge is 1.00 e. The summed E-state index contributed by atoms with van der Waals surface area (Å²) in [5.41, 5.74) is 0. The van der Waals surface area contributed by atoms with Gasteiger partial charge in [0.05, 0.1) is 0 Å². The summed E-state index contributed by atoms with van der Waals surface area (Å²) in [7, 11) is -5.17. The fourth-order valence-corrected chi connectivity index (χ4v) is 0. The second-order valence-corrected chi connectivity index (χ2v) is 2.17. The molecule has 0 saturated carbocycles. The zero-order chi connectivity index (χ0) is 7.21. The first-order valence-electron chi connectivity index (χ1n) is 1.69.